The monoisotopic (exact) mass is 731 g/mol. The summed E-state index contributed by atoms with van der Waals surface area (Å²) in [6.07, 6.45) is -0.477. The van der Waals surface area contributed by atoms with Crippen LogP contribution in [0.3, 0.4) is 0 Å². The first-order chi connectivity index (χ1) is 25.6. The molecule has 1 aliphatic heterocycles. The number of primary amides is 1. The zero-order valence-electron chi connectivity index (χ0n) is 29.0. The summed E-state index contributed by atoms with van der Waals surface area (Å²) in [6.45, 7) is -0.506. The molecule has 0 aromatic heterocycles. The molecule has 0 saturated heterocycles. The molecule has 8 rings (SSSR count). The zero-order chi connectivity index (χ0) is 38.7. The Hall–Kier alpha value is -6.25. The molecule has 0 bridgehead atoms. The van der Waals surface area contributed by atoms with Crippen LogP contribution in [0.15, 0.2) is 77.3 Å². The number of aliphatic hydroxyl groups is 3. The van der Waals surface area contributed by atoms with Gasteiger partial charge in [-0.15, -0.1) is 0 Å². The van der Waals surface area contributed by atoms with E-state index in [1.807, 2.05) is 0 Å². The highest BCUT2D eigenvalue weighted by Gasteiger charge is 2.63. The van der Waals surface area contributed by atoms with E-state index in [9.17, 15) is 54.0 Å². The molecule has 0 radical (unpaired) electrons. The van der Waals surface area contributed by atoms with Gasteiger partial charge in [0.15, 0.2) is 23.0 Å². The summed E-state index contributed by atoms with van der Waals surface area (Å²) in [6, 6.07) is 12.8. The highest BCUT2D eigenvalue weighted by atomic mass is 16.3. The number of allylic oxidation sites excluding steroid dienone is 1. The van der Waals surface area contributed by atoms with Gasteiger partial charge in [0.05, 0.1) is 35.2 Å². The highest BCUT2D eigenvalue weighted by molar-refractivity contribution is 6.27. The van der Waals surface area contributed by atoms with Gasteiger partial charge >= 0.3 is 0 Å². The average Bonchev–Trinajstić information content (AvgIpc) is 3.51. The topological polar surface area (TPSA) is 233 Å². The van der Waals surface area contributed by atoms with Crippen LogP contribution in [-0.2, 0) is 29.0 Å². The Bertz CT molecular complexity index is 2340. The normalized spacial score (nSPS) is 25.0. The molecule has 3 aromatic rings. The van der Waals surface area contributed by atoms with E-state index >= 15 is 0 Å². The van der Waals surface area contributed by atoms with E-state index in [1.54, 1.807) is 36.4 Å². The Morgan fingerprint density at radius 1 is 0.870 bits per heavy atom. The minimum absolute atomic E-state index is 0.0711. The van der Waals surface area contributed by atoms with Crippen molar-refractivity contribution in [2.24, 2.45) is 23.5 Å². The fourth-order valence-electron chi connectivity index (χ4n) is 9.13. The smallest absolute Gasteiger partial charge is 0.261 e. The van der Waals surface area contributed by atoms with Crippen LogP contribution in [0.2, 0.25) is 0 Å². The molecule has 6 N–H and O–H groups in total. The van der Waals surface area contributed by atoms with Crippen LogP contribution >= 0.6 is 0 Å². The number of imide groups is 1. The third kappa shape index (κ3) is 4.56. The largest absolute Gasteiger partial charge is 0.510 e. The molecule has 3 aromatic carbocycles. The molecule has 3 amide bonds. The number of amides is 3. The van der Waals surface area contributed by atoms with Crippen molar-refractivity contribution in [2.75, 3.05) is 14.1 Å². The van der Waals surface area contributed by atoms with E-state index in [0.717, 1.165) is 4.90 Å². The summed E-state index contributed by atoms with van der Waals surface area (Å²) in [5.41, 5.74) is 2.07. The molecule has 4 aliphatic carbocycles. The van der Waals surface area contributed by atoms with Gasteiger partial charge < -0.3 is 26.2 Å². The van der Waals surface area contributed by atoms with Gasteiger partial charge in [-0.25, -0.2) is 0 Å². The lowest BCUT2D eigenvalue weighted by atomic mass is 9.58. The summed E-state index contributed by atoms with van der Waals surface area (Å²) in [5, 5.41) is 46.7. The number of Topliss-reactive ketones (excluding diaryl/α,β-unsaturated/α-hetero) is 4. The van der Waals surface area contributed by atoms with Crippen LogP contribution < -0.4 is 5.73 Å². The molecule has 54 heavy (non-hydrogen) atoms. The minimum Gasteiger partial charge on any atom is -0.510 e. The Morgan fingerprint density at radius 3 is 1.96 bits per heavy atom. The first-order valence-electron chi connectivity index (χ1n) is 17.2. The number of aliphatic hydroxyl groups excluding tert-OH is 2. The van der Waals surface area contributed by atoms with Crippen molar-refractivity contribution < 1.29 is 54.0 Å². The van der Waals surface area contributed by atoms with Crippen LogP contribution in [0, 0.1) is 17.8 Å². The summed E-state index contributed by atoms with van der Waals surface area (Å²) < 4.78 is 0. The Kier molecular flexibility index (Phi) is 7.66. The summed E-state index contributed by atoms with van der Waals surface area (Å²) >= 11 is 0. The van der Waals surface area contributed by atoms with Crippen LogP contribution in [0.1, 0.15) is 74.9 Å². The number of aromatic hydroxyl groups is 1. The molecule has 0 saturated carbocycles. The highest BCUT2D eigenvalue weighted by Crippen LogP contribution is 2.53. The average molecular weight is 732 g/mol. The lowest BCUT2D eigenvalue weighted by Gasteiger charge is -2.50. The van der Waals surface area contributed by atoms with Crippen molar-refractivity contribution in [1.29, 1.82) is 0 Å². The van der Waals surface area contributed by atoms with E-state index in [4.69, 9.17) is 5.73 Å². The summed E-state index contributed by atoms with van der Waals surface area (Å²) in [5.74, 6) is -11.7. The van der Waals surface area contributed by atoms with Crippen molar-refractivity contribution in [1.82, 2.24) is 9.80 Å². The number of nitrogens with zero attached hydrogens (tertiary/aromatic N) is 2. The number of benzene rings is 3. The van der Waals surface area contributed by atoms with E-state index in [0.29, 0.717) is 5.56 Å². The molecule has 0 unspecified atom stereocenters. The van der Waals surface area contributed by atoms with Gasteiger partial charge in [0.1, 0.15) is 22.8 Å². The van der Waals surface area contributed by atoms with E-state index < -0.39 is 105 Å². The molecular weight excluding hydrogens is 698 g/mol. The standard InChI is InChI=1S/C40H33N3O11/c1-42(2)29-25-14-17-13-23-16(12-24-31(45)19-7-3-4-8-20(19)32(24)46)11-18(15-43-38(52)21-9-5-6-10-22(21)39(43)53)30(44)27(23)33(47)26(17)35(49)40(25,54)36(50)28(34(29)48)37(41)51/h3-11,17,24-25,29,44,48-49,54H,12-15H2,1-2H3,(H2,41,51)/t17-,25-,29-,40-/m0/s1. The van der Waals surface area contributed by atoms with Gasteiger partial charge in [0.2, 0.25) is 5.78 Å². The maximum Gasteiger partial charge on any atom is 0.261 e. The first kappa shape index (κ1) is 34.8. The van der Waals surface area contributed by atoms with Crippen LogP contribution in [0.4, 0.5) is 0 Å². The summed E-state index contributed by atoms with van der Waals surface area (Å²) in [4.78, 5) is 97.0. The molecule has 14 nitrogen and oxygen atoms in total. The number of fused-ring (bicyclic) bond motifs is 5. The number of rotatable bonds is 6. The second kappa shape index (κ2) is 11.9. The van der Waals surface area contributed by atoms with Gasteiger partial charge in [-0.05, 0) is 68.6 Å². The fraction of sp³-hybridized carbons (Fsp3) is 0.275. The van der Waals surface area contributed by atoms with E-state index in [-0.39, 0.29) is 58.2 Å². The number of nitrogens with two attached hydrogens (primary N) is 1. The number of hydrogen-bond donors (Lipinski definition) is 5. The summed E-state index contributed by atoms with van der Waals surface area (Å²) in [7, 11) is 3.04. The Labute approximate surface area is 306 Å². The first-order valence-corrected chi connectivity index (χ1v) is 17.2. The van der Waals surface area contributed by atoms with Crippen molar-refractivity contribution in [3.8, 4) is 5.75 Å². The van der Waals surface area contributed by atoms with Crippen molar-refractivity contribution >= 4 is 40.9 Å². The van der Waals surface area contributed by atoms with Crippen LogP contribution in [0.25, 0.3) is 0 Å². The second-order valence-electron chi connectivity index (χ2n) is 14.6. The predicted octanol–water partition coefficient (Wildman–Crippen LogP) is 2.15. The third-order valence-electron chi connectivity index (χ3n) is 11.6. The number of likely N-dealkylation sites (N-methyl/N-ethyl adjacent to an activating group) is 1. The van der Waals surface area contributed by atoms with Crippen LogP contribution in [-0.4, -0.2) is 96.8 Å². The molecule has 1 heterocycles. The number of phenols is 1. The minimum atomic E-state index is -2.87. The molecular formula is C40H33N3O11. The van der Waals surface area contributed by atoms with Crippen molar-refractivity contribution in [2.45, 2.75) is 37.5 Å². The van der Waals surface area contributed by atoms with Gasteiger partial charge in [0.25, 0.3) is 17.7 Å². The van der Waals surface area contributed by atoms with Gasteiger partial charge in [-0.3, -0.25) is 43.4 Å². The van der Waals surface area contributed by atoms with Gasteiger partial charge in [-0.2, -0.15) is 0 Å². The van der Waals surface area contributed by atoms with Crippen LogP contribution in [0.5, 0.6) is 5.75 Å². The maximum absolute atomic E-state index is 14.6. The molecule has 14 heteroatoms. The molecule has 5 aliphatic rings. The molecule has 274 valence electrons. The Balaban J connectivity index is 1.28. The van der Waals surface area contributed by atoms with E-state index in [2.05, 4.69) is 0 Å². The van der Waals surface area contributed by atoms with E-state index in [1.165, 1.54) is 37.2 Å². The number of carbonyl (C=O) groups excluding carboxylic acids is 7. The van der Waals surface area contributed by atoms with Crippen molar-refractivity contribution in [3.63, 3.8) is 0 Å². The van der Waals surface area contributed by atoms with Gasteiger partial charge in [-0.1, -0.05) is 36.4 Å². The predicted molar refractivity (Wildman–Crippen MR) is 187 cm³/mol. The number of phenolic OH excluding ortho intramolecular Hbond substituents is 1. The number of hydrogen-bond acceptors (Lipinski definition) is 12. The molecule has 0 spiro atoms. The quantitative estimate of drug-likeness (QED) is 0.139. The molecule has 0 fully saturated rings. The Morgan fingerprint density at radius 2 is 1.43 bits per heavy atom. The second-order valence-corrected chi connectivity index (χ2v) is 14.6. The number of ketones is 4. The SMILES string of the molecule is CN(C)[C@@H]1C(O)=C(C(N)=O)C(=O)[C@@]2(O)C(O)=C3C(=O)c4c(O)c(CN5C(=O)c6ccccc6C5=O)cc(CC5C(=O)c6ccccc6C5=O)c4C[C@H]3C[C@@H]12. The lowest BCUT2D eigenvalue weighted by Crippen LogP contribution is -2.63. The third-order valence-corrected chi connectivity index (χ3v) is 11.6. The molecule has 4 atom stereocenters. The van der Waals surface area contributed by atoms with Crippen molar-refractivity contribution in [3.05, 3.63) is 122 Å². The number of carbonyl (C=O) groups is 7. The maximum atomic E-state index is 14.6. The zero-order valence-corrected chi connectivity index (χ0v) is 29.0. The van der Waals surface area contributed by atoms with Gasteiger partial charge in [0, 0.05) is 28.2 Å². The lowest BCUT2D eigenvalue weighted by molar-refractivity contribution is -0.148. The fourth-order valence-corrected chi connectivity index (χ4v) is 9.13.